The molecule has 3 rings (SSSR count). The summed E-state index contributed by atoms with van der Waals surface area (Å²) in [5.74, 6) is -0.921. The van der Waals surface area contributed by atoms with Crippen LogP contribution in [0.2, 0.25) is 0 Å². The second-order valence-electron chi connectivity index (χ2n) is 11.4. The van der Waals surface area contributed by atoms with Crippen molar-refractivity contribution < 1.29 is 37.0 Å². The quantitative estimate of drug-likeness (QED) is 0.319. The maximum Gasteiger partial charge on any atom is 0.407 e. The van der Waals surface area contributed by atoms with Crippen LogP contribution in [0.1, 0.15) is 80.9 Å². The largest absolute Gasteiger partial charge is 0.461 e. The molecule has 2 heterocycles. The first-order valence-corrected chi connectivity index (χ1v) is 14.3. The van der Waals surface area contributed by atoms with E-state index in [1.807, 2.05) is 0 Å². The second kappa shape index (κ2) is 10.8. The lowest BCUT2D eigenvalue weighted by Gasteiger charge is -2.35. The predicted octanol–water partition coefficient (Wildman–Crippen LogP) is 1.86. The Labute approximate surface area is 224 Å². The number of rotatable bonds is 11. The summed E-state index contributed by atoms with van der Waals surface area (Å²) in [6.07, 6.45) is 0.725. The van der Waals surface area contributed by atoms with Crippen molar-refractivity contribution in [2.75, 3.05) is 39.5 Å². The number of aromatic nitrogens is 2. The van der Waals surface area contributed by atoms with E-state index < -0.39 is 37.0 Å². The Balaban J connectivity index is 1.62. The van der Waals surface area contributed by atoms with Crippen LogP contribution in [0.4, 0.5) is 4.79 Å². The number of hydrogen-bond acceptors (Lipinski definition) is 9. The minimum absolute atomic E-state index is 0.0597. The van der Waals surface area contributed by atoms with Crippen LogP contribution in [0, 0.1) is 0 Å². The Morgan fingerprint density at radius 3 is 2.39 bits per heavy atom. The number of carbonyl (C=O) groups is 3. The Morgan fingerprint density at radius 2 is 1.82 bits per heavy atom. The van der Waals surface area contributed by atoms with E-state index >= 15 is 0 Å². The van der Waals surface area contributed by atoms with Gasteiger partial charge in [0.15, 0.2) is 15.5 Å². The zero-order chi connectivity index (χ0) is 28.5. The molecule has 2 aliphatic rings. The molecule has 0 spiro atoms. The summed E-state index contributed by atoms with van der Waals surface area (Å²) in [4.78, 5) is 38.9. The maximum absolute atomic E-state index is 13.7. The molecule has 0 radical (unpaired) electrons. The van der Waals surface area contributed by atoms with E-state index in [0.717, 1.165) is 0 Å². The van der Waals surface area contributed by atoms with Gasteiger partial charge in [-0.1, -0.05) is 0 Å². The number of fused-ring (bicyclic) bond motifs is 1. The number of amides is 2. The van der Waals surface area contributed by atoms with Gasteiger partial charge in [0.2, 0.25) is 0 Å². The van der Waals surface area contributed by atoms with Crippen LogP contribution >= 0.6 is 0 Å². The summed E-state index contributed by atoms with van der Waals surface area (Å²) in [6, 6.07) is 0. The fourth-order valence-corrected chi connectivity index (χ4v) is 6.98. The second-order valence-corrected chi connectivity index (χ2v) is 14.4. The summed E-state index contributed by atoms with van der Waals surface area (Å²) >= 11 is 0. The summed E-state index contributed by atoms with van der Waals surface area (Å²) in [5.41, 5.74) is 0.336. The molecule has 0 unspecified atom stereocenters. The Bertz CT molecular complexity index is 1180. The van der Waals surface area contributed by atoms with E-state index in [1.165, 1.54) is 4.68 Å². The lowest BCUT2D eigenvalue weighted by molar-refractivity contribution is 0.0489. The first kappa shape index (κ1) is 29.9. The first-order chi connectivity index (χ1) is 17.6. The number of nitrogens with one attached hydrogen (secondary N) is 1. The number of alkyl carbamates (subject to hydrolysis) is 1. The monoisotopic (exact) mass is 556 g/mol. The van der Waals surface area contributed by atoms with Crippen LogP contribution < -0.4 is 5.32 Å². The molecule has 12 nitrogen and oxygen atoms in total. The summed E-state index contributed by atoms with van der Waals surface area (Å²) in [5, 5.41) is 6.78. The molecule has 1 N–H and O–H groups in total. The van der Waals surface area contributed by atoms with E-state index in [1.54, 1.807) is 53.5 Å². The van der Waals surface area contributed by atoms with Gasteiger partial charge in [0.25, 0.3) is 5.91 Å². The molecule has 2 amide bonds. The lowest BCUT2D eigenvalue weighted by atomic mass is 10.0. The van der Waals surface area contributed by atoms with E-state index in [0.29, 0.717) is 24.8 Å². The fourth-order valence-electron chi connectivity index (χ4n) is 4.60. The van der Waals surface area contributed by atoms with Crippen molar-refractivity contribution in [1.29, 1.82) is 0 Å². The van der Waals surface area contributed by atoms with Crippen LogP contribution in [0.3, 0.4) is 0 Å². The summed E-state index contributed by atoms with van der Waals surface area (Å²) in [6.45, 7) is 11.0. The number of ether oxygens (including phenoxy) is 3. The molecular weight excluding hydrogens is 516 g/mol. The van der Waals surface area contributed by atoms with Gasteiger partial charge in [-0.25, -0.2) is 18.0 Å². The van der Waals surface area contributed by atoms with Crippen molar-refractivity contribution in [1.82, 2.24) is 20.0 Å². The molecule has 1 aromatic rings. The van der Waals surface area contributed by atoms with Crippen LogP contribution in [0.5, 0.6) is 0 Å². The van der Waals surface area contributed by atoms with Gasteiger partial charge in [0, 0.05) is 32.2 Å². The SMILES string of the molecule is CCOC(=O)c1nn(C)c2c1CCN(CC1(S(=O)(=O)C(C)(C)COCCNC(=O)OC(C)(C)C)CC1)C2=O. The Hall–Kier alpha value is -2.67. The van der Waals surface area contributed by atoms with Crippen molar-refractivity contribution in [3.05, 3.63) is 17.0 Å². The third kappa shape index (κ3) is 6.14. The lowest BCUT2D eigenvalue weighted by Crippen LogP contribution is -2.52. The van der Waals surface area contributed by atoms with E-state index in [9.17, 15) is 22.8 Å². The van der Waals surface area contributed by atoms with Gasteiger partial charge in [-0.15, -0.1) is 0 Å². The van der Waals surface area contributed by atoms with Crippen LogP contribution in [-0.2, 0) is 37.5 Å². The van der Waals surface area contributed by atoms with Gasteiger partial charge in [0.05, 0.1) is 29.3 Å². The van der Waals surface area contributed by atoms with Gasteiger partial charge in [0.1, 0.15) is 11.3 Å². The average molecular weight is 557 g/mol. The van der Waals surface area contributed by atoms with E-state index in [-0.39, 0.29) is 56.7 Å². The van der Waals surface area contributed by atoms with Gasteiger partial charge in [-0.2, -0.15) is 5.10 Å². The summed E-state index contributed by atoms with van der Waals surface area (Å²) in [7, 11) is -2.12. The molecule has 13 heteroatoms. The average Bonchev–Trinajstić information content (AvgIpc) is 3.50. The molecule has 1 aromatic heterocycles. The molecule has 0 atom stereocenters. The molecular formula is C25H40N4O8S. The Morgan fingerprint density at radius 1 is 1.16 bits per heavy atom. The number of carbonyl (C=O) groups excluding carboxylic acids is 3. The van der Waals surface area contributed by atoms with Gasteiger partial charge in [-0.05, 0) is 60.8 Å². The van der Waals surface area contributed by atoms with Crippen molar-refractivity contribution in [3.8, 4) is 0 Å². The molecule has 38 heavy (non-hydrogen) atoms. The highest BCUT2D eigenvalue weighted by molar-refractivity contribution is 7.94. The van der Waals surface area contributed by atoms with Crippen LogP contribution in [-0.4, -0.2) is 95.6 Å². The van der Waals surface area contributed by atoms with Crippen LogP contribution in [0.25, 0.3) is 0 Å². The maximum atomic E-state index is 13.7. The molecule has 1 aliphatic heterocycles. The number of esters is 1. The Kier molecular flexibility index (Phi) is 8.52. The third-order valence-corrected chi connectivity index (χ3v) is 9.93. The highest BCUT2D eigenvalue weighted by Gasteiger charge is 2.61. The standard InChI is InChI=1S/C25H40N4O8S/c1-8-36-21(31)18-17-9-13-29(20(30)19(17)28(7)27-18)15-25(10-11-25)38(33,34)24(5,6)16-35-14-12-26-22(32)37-23(2,3)4/h8-16H2,1-7H3,(H,26,32). The molecule has 0 saturated heterocycles. The third-order valence-electron chi connectivity index (χ3n) is 6.68. The zero-order valence-electron chi connectivity index (χ0n) is 23.4. The number of sulfone groups is 1. The first-order valence-electron chi connectivity index (χ1n) is 12.9. The minimum Gasteiger partial charge on any atom is -0.461 e. The van der Waals surface area contributed by atoms with Crippen molar-refractivity contribution in [2.45, 2.75) is 75.9 Å². The normalized spacial score (nSPS) is 17.1. The van der Waals surface area contributed by atoms with Gasteiger partial charge >= 0.3 is 12.1 Å². The van der Waals surface area contributed by atoms with Crippen molar-refractivity contribution in [3.63, 3.8) is 0 Å². The molecule has 214 valence electrons. The topological polar surface area (TPSA) is 146 Å². The molecule has 1 aliphatic carbocycles. The van der Waals surface area contributed by atoms with Gasteiger partial charge in [-0.3, -0.25) is 9.48 Å². The molecule has 0 aromatic carbocycles. The number of hydrogen-bond donors (Lipinski definition) is 1. The van der Waals surface area contributed by atoms with Crippen LogP contribution in [0.15, 0.2) is 0 Å². The highest BCUT2D eigenvalue weighted by atomic mass is 32.2. The van der Waals surface area contributed by atoms with E-state index in [2.05, 4.69) is 10.4 Å². The van der Waals surface area contributed by atoms with Crippen molar-refractivity contribution >= 4 is 27.8 Å². The van der Waals surface area contributed by atoms with Crippen molar-refractivity contribution in [2.24, 2.45) is 7.05 Å². The zero-order valence-corrected chi connectivity index (χ0v) is 24.2. The molecule has 0 bridgehead atoms. The smallest absolute Gasteiger partial charge is 0.407 e. The molecule has 1 saturated carbocycles. The predicted molar refractivity (Wildman–Crippen MR) is 139 cm³/mol. The highest BCUT2D eigenvalue weighted by Crippen LogP contribution is 2.49. The summed E-state index contributed by atoms with van der Waals surface area (Å²) < 4.78 is 42.4. The number of nitrogens with zero attached hydrogens (tertiary/aromatic N) is 3. The fraction of sp³-hybridized carbons (Fsp3) is 0.760. The van der Waals surface area contributed by atoms with E-state index in [4.69, 9.17) is 14.2 Å². The van der Waals surface area contributed by atoms with Gasteiger partial charge < -0.3 is 24.4 Å². The molecule has 1 fully saturated rings. The number of aryl methyl sites for hydroxylation is 1. The minimum atomic E-state index is -3.71.